The maximum Gasteiger partial charge on any atom is 0.338 e. The van der Waals surface area contributed by atoms with E-state index in [1.807, 2.05) is 0 Å². The fourth-order valence-corrected chi connectivity index (χ4v) is 3.49. The summed E-state index contributed by atoms with van der Waals surface area (Å²) in [4.78, 5) is 24.0. The monoisotopic (exact) mass is 359 g/mol. The summed E-state index contributed by atoms with van der Waals surface area (Å²) in [5.41, 5.74) is 0.647. The zero-order valence-electron chi connectivity index (χ0n) is 13.3. The molecule has 7 heteroatoms. The van der Waals surface area contributed by atoms with Gasteiger partial charge in [-0.3, -0.25) is 4.79 Å². The largest absolute Gasteiger partial charge is 0.454 e. The highest BCUT2D eigenvalue weighted by Gasteiger charge is 2.28. The van der Waals surface area contributed by atoms with Crippen LogP contribution in [0.3, 0.4) is 0 Å². The van der Waals surface area contributed by atoms with E-state index in [0.717, 1.165) is 12.8 Å². The zero-order valence-corrected chi connectivity index (χ0v) is 14.2. The Balaban J connectivity index is 1.60. The van der Waals surface area contributed by atoms with E-state index >= 15 is 0 Å². The number of esters is 1. The van der Waals surface area contributed by atoms with Crippen molar-refractivity contribution in [3.05, 3.63) is 65.7 Å². The van der Waals surface area contributed by atoms with Crippen molar-refractivity contribution in [2.45, 2.75) is 23.8 Å². The molecule has 1 fully saturated rings. The molecule has 0 amide bonds. The number of carbonyl (C=O) groups is 2. The molecule has 2 aromatic rings. The quantitative estimate of drug-likeness (QED) is 0.604. The lowest BCUT2D eigenvalue weighted by Gasteiger charge is -2.07. The molecule has 0 atom stereocenters. The SMILES string of the molecule is O=C(COC(=O)c1ccc(S(=O)(=O)NC2CC2)cc1)c1ccccc1. The molecule has 1 aliphatic rings. The van der Waals surface area contributed by atoms with Gasteiger partial charge in [-0.05, 0) is 37.1 Å². The highest BCUT2D eigenvalue weighted by Crippen LogP contribution is 2.22. The molecule has 0 spiro atoms. The van der Waals surface area contributed by atoms with Gasteiger partial charge in [0.2, 0.25) is 10.0 Å². The normalized spacial score (nSPS) is 14.1. The highest BCUT2D eigenvalue weighted by molar-refractivity contribution is 7.89. The third-order valence-corrected chi connectivity index (χ3v) is 5.27. The molecule has 1 N–H and O–H groups in total. The minimum atomic E-state index is -3.56. The smallest absolute Gasteiger partial charge is 0.338 e. The van der Waals surface area contributed by atoms with Crippen LogP contribution in [-0.2, 0) is 14.8 Å². The average molecular weight is 359 g/mol. The van der Waals surface area contributed by atoms with Crippen molar-refractivity contribution in [3.63, 3.8) is 0 Å². The molecule has 1 saturated carbocycles. The van der Waals surface area contributed by atoms with Crippen molar-refractivity contribution in [1.82, 2.24) is 4.72 Å². The van der Waals surface area contributed by atoms with Gasteiger partial charge in [0, 0.05) is 11.6 Å². The molecule has 2 aromatic carbocycles. The second-order valence-corrected chi connectivity index (χ2v) is 7.50. The van der Waals surface area contributed by atoms with Crippen molar-refractivity contribution in [2.75, 3.05) is 6.61 Å². The van der Waals surface area contributed by atoms with Gasteiger partial charge in [-0.2, -0.15) is 0 Å². The minimum Gasteiger partial charge on any atom is -0.454 e. The third kappa shape index (κ3) is 4.52. The first-order valence-corrected chi connectivity index (χ1v) is 9.32. The summed E-state index contributed by atoms with van der Waals surface area (Å²) in [7, 11) is -3.56. The van der Waals surface area contributed by atoms with Crippen LogP contribution in [-0.4, -0.2) is 32.8 Å². The van der Waals surface area contributed by atoms with E-state index in [2.05, 4.69) is 4.72 Å². The number of carbonyl (C=O) groups excluding carboxylic acids is 2. The Hall–Kier alpha value is -2.51. The van der Waals surface area contributed by atoms with Crippen LogP contribution in [0.4, 0.5) is 0 Å². The molecule has 0 bridgehead atoms. The molecule has 130 valence electrons. The summed E-state index contributed by atoms with van der Waals surface area (Å²) < 4.78 is 31.7. The zero-order chi connectivity index (χ0) is 17.9. The van der Waals surface area contributed by atoms with Crippen LogP contribution in [0.25, 0.3) is 0 Å². The summed E-state index contributed by atoms with van der Waals surface area (Å²) in [6, 6.07) is 14.0. The van der Waals surface area contributed by atoms with E-state index in [0.29, 0.717) is 5.56 Å². The van der Waals surface area contributed by atoms with E-state index in [9.17, 15) is 18.0 Å². The van der Waals surface area contributed by atoms with Gasteiger partial charge >= 0.3 is 5.97 Å². The molecule has 1 aliphatic carbocycles. The summed E-state index contributed by atoms with van der Waals surface area (Å²) in [5, 5.41) is 0. The topological polar surface area (TPSA) is 89.5 Å². The molecule has 0 aromatic heterocycles. The van der Waals surface area contributed by atoms with Crippen molar-refractivity contribution < 1.29 is 22.7 Å². The van der Waals surface area contributed by atoms with Crippen LogP contribution in [0.2, 0.25) is 0 Å². The van der Waals surface area contributed by atoms with Gasteiger partial charge in [-0.1, -0.05) is 30.3 Å². The molecule has 0 unspecified atom stereocenters. The Morgan fingerprint density at radius 1 is 0.960 bits per heavy atom. The second kappa shape index (κ2) is 7.16. The van der Waals surface area contributed by atoms with Crippen molar-refractivity contribution in [1.29, 1.82) is 0 Å². The lowest BCUT2D eigenvalue weighted by atomic mass is 10.1. The Bertz CT molecular complexity index is 871. The maximum absolute atomic E-state index is 12.1. The molecule has 0 heterocycles. The average Bonchev–Trinajstić information content (AvgIpc) is 3.43. The van der Waals surface area contributed by atoms with Crippen LogP contribution in [0, 0.1) is 0 Å². The van der Waals surface area contributed by atoms with Crippen molar-refractivity contribution >= 4 is 21.8 Å². The fourth-order valence-electron chi connectivity index (χ4n) is 2.18. The number of rotatable bonds is 7. The molecular formula is C18H17NO5S. The predicted molar refractivity (Wildman–Crippen MR) is 90.8 cm³/mol. The van der Waals surface area contributed by atoms with Gasteiger partial charge < -0.3 is 4.74 Å². The number of ether oxygens (including phenoxy) is 1. The van der Waals surface area contributed by atoms with Gasteiger partial charge in [0.05, 0.1) is 10.5 Å². The Morgan fingerprint density at radius 3 is 2.20 bits per heavy atom. The third-order valence-electron chi connectivity index (χ3n) is 3.73. The summed E-state index contributed by atoms with van der Waals surface area (Å²) in [5.74, 6) is -0.981. The van der Waals surface area contributed by atoms with Crippen LogP contribution in [0.15, 0.2) is 59.5 Å². The number of Topliss-reactive ketones (excluding diaryl/α,β-unsaturated/α-hetero) is 1. The number of ketones is 1. The Labute approximate surface area is 145 Å². The Kier molecular flexibility index (Phi) is 4.96. The maximum atomic E-state index is 12.1. The summed E-state index contributed by atoms with van der Waals surface area (Å²) in [6.07, 6.45) is 1.69. The van der Waals surface area contributed by atoms with Crippen LogP contribution < -0.4 is 4.72 Å². The number of hydrogen-bond acceptors (Lipinski definition) is 5. The number of sulfonamides is 1. The molecular weight excluding hydrogens is 342 g/mol. The van der Waals surface area contributed by atoms with E-state index in [4.69, 9.17) is 4.74 Å². The lowest BCUT2D eigenvalue weighted by molar-refractivity contribution is 0.0474. The van der Waals surface area contributed by atoms with Crippen molar-refractivity contribution in [3.8, 4) is 0 Å². The first kappa shape index (κ1) is 17.3. The Morgan fingerprint density at radius 2 is 1.60 bits per heavy atom. The van der Waals surface area contributed by atoms with Gasteiger partial charge in [-0.25, -0.2) is 17.9 Å². The van der Waals surface area contributed by atoms with E-state index in [-0.39, 0.29) is 28.9 Å². The molecule has 0 radical (unpaired) electrons. The van der Waals surface area contributed by atoms with Crippen LogP contribution in [0.5, 0.6) is 0 Å². The molecule has 0 aliphatic heterocycles. The minimum absolute atomic E-state index is 0.0126. The van der Waals surface area contributed by atoms with Gasteiger partial charge in [-0.15, -0.1) is 0 Å². The second-order valence-electron chi connectivity index (χ2n) is 5.79. The first-order valence-electron chi connectivity index (χ1n) is 7.83. The van der Waals surface area contributed by atoms with Gasteiger partial charge in [0.25, 0.3) is 0 Å². The highest BCUT2D eigenvalue weighted by atomic mass is 32.2. The molecule has 25 heavy (non-hydrogen) atoms. The summed E-state index contributed by atoms with van der Waals surface area (Å²) >= 11 is 0. The van der Waals surface area contributed by atoms with Gasteiger partial charge in [0.1, 0.15) is 0 Å². The summed E-state index contributed by atoms with van der Waals surface area (Å²) in [6.45, 7) is -0.369. The number of benzene rings is 2. The molecule has 6 nitrogen and oxygen atoms in total. The van der Waals surface area contributed by atoms with Gasteiger partial charge in [0.15, 0.2) is 12.4 Å². The lowest BCUT2D eigenvalue weighted by Crippen LogP contribution is -2.25. The van der Waals surface area contributed by atoms with E-state index in [1.165, 1.54) is 24.3 Å². The van der Waals surface area contributed by atoms with E-state index < -0.39 is 16.0 Å². The van der Waals surface area contributed by atoms with Crippen LogP contribution in [0.1, 0.15) is 33.6 Å². The van der Waals surface area contributed by atoms with Crippen molar-refractivity contribution in [2.24, 2.45) is 0 Å². The molecule has 3 rings (SSSR count). The number of nitrogens with one attached hydrogen (secondary N) is 1. The predicted octanol–water partition coefficient (Wildman–Crippen LogP) is 2.17. The fraction of sp³-hybridized carbons (Fsp3) is 0.222. The van der Waals surface area contributed by atoms with Crippen LogP contribution >= 0.6 is 0 Å². The standard InChI is InChI=1S/C18H17NO5S/c20-17(13-4-2-1-3-5-13)12-24-18(21)14-6-10-16(11-7-14)25(22,23)19-15-8-9-15/h1-7,10-11,15,19H,8-9,12H2. The number of hydrogen-bond donors (Lipinski definition) is 1. The van der Waals surface area contributed by atoms with E-state index in [1.54, 1.807) is 30.3 Å². The first-order chi connectivity index (χ1) is 12.0. The molecule has 0 saturated heterocycles.